The largest absolute Gasteiger partial charge is 0.350 e. The van der Waals surface area contributed by atoms with Crippen LogP contribution in [-0.4, -0.2) is 38.0 Å². The molecule has 4 heteroatoms. The molecule has 0 radical (unpaired) electrons. The van der Waals surface area contributed by atoms with Crippen LogP contribution in [0.2, 0.25) is 0 Å². The standard InChI is InChI=1S/C16H22N2OS/c1-4-7-13-12-8-5-6-9-14(12)20-15(13)16(19)17-10-11-18(2)3/h5-6,8-9H,4,7,10-11H2,1-3H3,(H,17,19). The maximum Gasteiger partial charge on any atom is 0.261 e. The second-order valence-electron chi connectivity index (χ2n) is 5.22. The highest BCUT2D eigenvalue weighted by atomic mass is 32.1. The highest BCUT2D eigenvalue weighted by Gasteiger charge is 2.17. The number of aryl methyl sites for hydroxylation is 1. The molecule has 1 N–H and O–H groups in total. The number of likely N-dealkylation sites (N-methyl/N-ethyl adjacent to an activating group) is 1. The van der Waals surface area contributed by atoms with Crippen molar-refractivity contribution in [3.05, 3.63) is 34.7 Å². The van der Waals surface area contributed by atoms with Crippen molar-refractivity contribution >= 4 is 27.3 Å². The van der Waals surface area contributed by atoms with Crippen LogP contribution in [0.4, 0.5) is 0 Å². The Morgan fingerprint density at radius 1 is 1.30 bits per heavy atom. The van der Waals surface area contributed by atoms with Gasteiger partial charge in [0.25, 0.3) is 5.91 Å². The highest BCUT2D eigenvalue weighted by Crippen LogP contribution is 2.32. The summed E-state index contributed by atoms with van der Waals surface area (Å²) in [6.07, 6.45) is 2.01. The molecule has 0 unspecified atom stereocenters. The minimum absolute atomic E-state index is 0.0662. The lowest BCUT2D eigenvalue weighted by atomic mass is 10.1. The van der Waals surface area contributed by atoms with Gasteiger partial charge in [0.2, 0.25) is 0 Å². The minimum atomic E-state index is 0.0662. The van der Waals surface area contributed by atoms with Crippen molar-refractivity contribution in [1.29, 1.82) is 0 Å². The van der Waals surface area contributed by atoms with E-state index in [2.05, 4.69) is 29.3 Å². The normalized spacial score (nSPS) is 11.2. The fourth-order valence-corrected chi connectivity index (χ4v) is 3.42. The van der Waals surface area contributed by atoms with Gasteiger partial charge in [-0.3, -0.25) is 4.79 Å². The van der Waals surface area contributed by atoms with Crippen LogP contribution < -0.4 is 5.32 Å². The number of thiophene rings is 1. The molecule has 0 aliphatic rings. The number of carbonyl (C=O) groups excluding carboxylic acids is 1. The van der Waals surface area contributed by atoms with E-state index in [4.69, 9.17) is 0 Å². The molecule has 108 valence electrons. The van der Waals surface area contributed by atoms with E-state index in [0.29, 0.717) is 6.54 Å². The van der Waals surface area contributed by atoms with E-state index in [1.54, 1.807) is 11.3 Å². The summed E-state index contributed by atoms with van der Waals surface area (Å²) in [4.78, 5) is 15.3. The first-order valence-electron chi connectivity index (χ1n) is 7.06. The summed E-state index contributed by atoms with van der Waals surface area (Å²) in [7, 11) is 4.02. The molecule has 1 aromatic heterocycles. The van der Waals surface area contributed by atoms with E-state index in [-0.39, 0.29) is 5.91 Å². The first kappa shape index (κ1) is 15.0. The predicted molar refractivity (Wildman–Crippen MR) is 86.7 cm³/mol. The molecule has 0 saturated heterocycles. The Labute approximate surface area is 124 Å². The third-order valence-electron chi connectivity index (χ3n) is 3.25. The lowest BCUT2D eigenvalue weighted by Crippen LogP contribution is -2.31. The van der Waals surface area contributed by atoms with Crippen LogP contribution in [0.25, 0.3) is 10.1 Å². The summed E-state index contributed by atoms with van der Waals surface area (Å²) in [5.41, 5.74) is 1.20. The predicted octanol–water partition coefficient (Wildman–Crippen LogP) is 3.15. The molecule has 0 bridgehead atoms. The van der Waals surface area contributed by atoms with Gasteiger partial charge in [-0.1, -0.05) is 31.5 Å². The summed E-state index contributed by atoms with van der Waals surface area (Å²) in [6, 6.07) is 8.29. The average molecular weight is 290 g/mol. The van der Waals surface area contributed by atoms with E-state index in [9.17, 15) is 4.79 Å². The molecule has 0 spiro atoms. The number of rotatable bonds is 6. The summed E-state index contributed by atoms with van der Waals surface area (Å²) in [5, 5.41) is 4.25. The maximum absolute atomic E-state index is 12.4. The zero-order chi connectivity index (χ0) is 14.5. The summed E-state index contributed by atoms with van der Waals surface area (Å²) < 4.78 is 1.20. The van der Waals surface area contributed by atoms with Crippen LogP contribution in [0, 0.1) is 0 Å². The van der Waals surface area contributed by atoms with Crippen molar-refractivity contribution in [3.8, 4) is 0 Å². The van der Waals surface area contributed by atoms with E-state index in [1.165, 1.54) is 15.6 Å². The third kappa shape index (κ3) is 3.38. The van der Waals surface area contributed by atoms with Crippen LogP contribution in [0.15, 0.2) is 24.3 Å². The molecule has 0 fully saturated rings. The number of fused-ring (bicyclic) bond motifs is 1. The second-order valence-corrected chi connectivity index (χ2v) is 6.27. The summed E-state index contributed by atoms with van der Waals surface area (Å²) in [6.45, 7) is 3.70. The Morgan fingerprint density at radius 2 is 2.05 bits per heavy atom. The highest BCUT2D eigenvalue weighted by molar-refractivity contribution is 7.21. The Morgan fingerprint density at radius 3 is 2.75 bits per heavy atom. The number of hydrogen-bond donors (Lipinski definition) is 1. The first-order valence-corrected chi connectivity index (χ1v) is 7.88. The molecule has 0 aliphatic carbocycles. The Bertz CT molecular complexity index is 589. The van der Waals surface area contributed by atoms with Crippen molar-refractivity contribution in [1.82, 2.24) is 10.2 Å². The van der Waals surface area contributed by atoms with Crippen LogP contribution in [-0.2, 0) is 6.42 Å². The van der Waals surface area contributed by atoms with Gasteiger partial charge in [0.05, 0.1) is 4.88 Å². The van der Waals surface area contributed by atoms with Gasteiger partial charge >= 0.3 is 0 Å². The topological polar surface area (TPSA) is 32.3 Å². The van der Waals surface area contributed by atoms with Crippen molar-refractivity contribution in [2.45, 2.75) is 19.8 Å². The smallest absolute Gasteiger partial charge is 0.261 e. The van der Waals surface area contributed by atoms with E-state index < -0.39 is 0 Å². The van der Waals surface area contributed by atoms with Gasteiger partial charge in [0.1, 0.15) is 0 Å². The fourth-order valence-electron chi connectivity index (χ4n) is 2.25. The molecule has 2 rings (SSSR count). The van der Waals surface area contributed by atoms with Gasteiger partial charge in [-0.05, 0) is 37.5 Å². The quantitative estimate of drug-likeness (QED) is 0.886. The number of carbonyl (C=O) groups is 1. The summed E-state index contributed by atoms with van der Waals surface area (Å²) in [5.74, 6) is 0.0662. The summed E-state index contributed by atoms with van der Waals surface area (Å²) >= 11 is 1.61. The maximum atomic E-state index is 12.4. The number of amides is 1. The van der Waals surface area contributed by atoms with Gasteiger partial charge < -0.3 is 10.2 Å². The van der Waals surface area contributed by atoms with Gasteiger partial charge in [-0.15, -0.1) is 11.3 Å². The average Bonchev–Trinajstić information content (AvgIpc) is 2.78. The van der Waals surface area contributed by atoms with Gasteiger partial charge in [0, 0.05) is 17.8 Å². The molecule has 20 heavy (non-hydrogen) atoms. The van der Waals surface area contributed by atoms with Crippen LogP contribution in [0.5, 0.6) is 0 Å². The zero-order valence-corrected chi connectivity index (χ0v) is 13.2. The SMILES string of the molecule is CCCc1c(C(=O)NCCN(C)C)sc2ccccc12. The van der Waals surface area contributed by atoms with Crippen molar-refractivity contribution < 1.29 is 4.79 Å². The van der Waals surface area contributed by atoms with Crippen LogP contribution in [0.1, 0.15) is 28.6 Å². The molecule has 1 aromatic carbocycles. The number of benzene rings is 1. The van der Waals surface area contributed by atoms with Crippen LogP contribution in [0.3, 0.4) is 0 Å². The number of nitrogens with zero attached hydrogens (tertiary/aromatic N) is 1. The molecule has 2 aromatic rings. The van der Waals surface area contributed by atoms with Crippen molar-refractivity contribution in [2.75, 3.05) is 27.2 Å². The van der Waals surface area contributed by atoms with E-state index >= 15 is 0 Å². The van der Waals surface area contributed by atoms with Gasteiger partial charge in [0.15, 0.2) is 0 Å². The fraction of sp³-hybridized carbons (Fsp3) is 0.438. The molecule has 1 amide bonds. The van der Waals surface area contributed by atoms with E-state index in [1.807, 2.05) is 26.2 Å². The Balaban J connectivity index is 2.23. The first-order chi connectivity index (χ1) is 9.63. The number of hydrogen-bond acceptors (Lipinski definition) is 3. The van der Waals surface area contributed by atoms with Crippen molar-refractivity contribution in [2.24, 2.45) is 0 Å². The molecule has 3 nitrogen and oxygen atoms in total. The molecular formula is C16H22N2OS. The van der Waals surface area contributed by atoms with Gasteiger partial charge in [-0.2, -0.15) is 0 Å². The monoisotopic (exact) mass is 290 g/mol. The molecule has 1 heterocycles. The van der Waals surface area contributed by atoms with Crippen molar-refractivity contribution in [3.63, 3.8) is 0 Å². The second kappa shape index (κ2) is 6.86. The molecule has 0 atom stereocenters. The van der Waals surface area contributed by atoms with Crippen LogP contribution >= 0.6 is 11.3 Å². The molecular weight excluding hydrogens is 268 g/mol. The number of nitrogens with one attached hydrogen (secondary N) is 1. The van der Waals surface area contributed by atoms with Gasteiger partial charge in [-0.25, -0.2) is 0 Å². The molecule has 0 saturated carbocycles. The van der Waals surface area contributed by atoms with E-state index in [0.717, 1.165) is 24.3 Å². The Hall–Kier alpha value is -1.39. The lowest BCUT2D eigenvalue weighted by molar-refractivity contribution is 0.0954. The molecule has 0 aliphatic heterocycles. The Kier molecular flexibility index (Phi) is 5.15. The third-order valence-corrected chi connectivity index (χ3v) is 4.46. The lowest BCUT2D eigenvalue weighted by Gasteiger charge is -2.10. The zero-order valence-electron chi connectivity index (χ0n) is 12.4. The minimum Gasteiger partial charge on any atom is -0.350 e.